The third-order valence-corrected chi connectivity index (χ3v) is 5.79. The molecule has 0 heterocycles. The summed E-state index contributed by atoms with van der Waals surface area (Å²) in [5, 5.41) is 10.2. The summed E-state index contributed by atoms with van der Waals surface area (Å²) in [6.45, 7) is 8.41. The highest BCUT2D eigenvalue weighted by Crippen LogP contribution is 2.53. The molecule has 1 N–H and O–H groups in total. The van der Waals surface area contributed by atoms with Gasteiger partial charge >= 0.3 is 5.97 Å². The number of aryl methyl sites for hydroxylation is 2. The number of esters is 1. The minimum absolute atomic E-state index is 0.0577. The summed E-state index contributed by atoms with van der Waals surface area (Å²) in [6.07, 6.45) is 0. The molecular formula is C25H24O3. The molecule has 4 rings (SSSR count). The summed E-state index contributed by atoms with van der Waals surface area (Å²) in [6, 6.07) is 18.3. The molecule has 142 valence electrons. The van der Waals surface area contributed by atoms with Crippen molar-refractivity contribution in [2.75, 3.05) is 6.61 Å². The van der Waals surface area contributed by atoms with Gasteiger partial charge in [0.05, 0.1) is 6.61 Å². The number of carbonyl (C=O) groups is 1. The van der Waals surface area contributed by atoms with Crippen LogP contribution in [0.15, 0.2) is 54.6 Å². The van der Waals surface area contributed by atoms with Crippen molar-refractivity contribution < 1.29 is 14.6 Å². The fourth-order valence-corrected chi connectivity index (χ4v) is 4.29. The number of ether oxygens (including phenoxy) is 1. The summed E-state index contributed by atoms with van der Waals surface area (Å²) in [5.41, 5.74) is 8.00. The average Bonchev–Trinajstić information content (AvgIpc) is 2.91. The summed E-state index contributed by atoms with van der Waals surface area (Å²) in [4.78, 5) is 12.4. The Morgan fingerprint density at radius 3 is 2.04 bits per heavy atom. The second-order valence-electron chi connectivity index (χ2n) is 7.68. The Morgan fingerprint density at radius 1 is 0.929 bits per heavy atom. The Labute approximate surface area is 165 Å². The van der Waals surface area contributed by atoms with E-state index in [1.807, 2.05) is 6.07 Å². The number of hydrogen-bond donors (Lipinski definition) is 1. The van der Waals surface area contributed by atoms with Crippen LogP contribution in [0.3, 0.4) is 0 Å². The van der Waals surface area contributed by atoms with Crippen LogP contribution in [-0.2, 0) is 10.2 Å². The molecule has 0 aromatic heterocycles. The normalized spacial score (nSPS) is 13.7. The van der Waals surface area contributed by atoms with E-state index in [0.29, 0.717) is 0 Å². The summed E-state index contributed by atoms with van der Waals surface area (Å²) < 4.78 is 5.14. The van der Waals surface area contributed by atoms with E-state index in [2.05, 4.69) is 57.2 Å². The molecule has 0 unspecified atom stereocenters. The number of fused-ring (bicyclic) bond motifs is 3. The molecule has 0 radical (unpaired) electrons. The van der Waals surface area contributed by atoms with Crippen LogP contribution in [0.4, 0.5) is 0 Å². The highest BCUT2D eigenvalue weighted by molar-refractivity contribution is 5.93. The molecule has 0 fully saturated rings. The van der Waals surface area contributed by atoms with E-state index >= 15 is 0 Å². The second-order valence-corrected chi connectivity index (χ2v) is 7.68. The summed E-state index contributed by atoms with van der Waals surface area (Å²) >= 11 is 0. The smallest absolute Gasteiger partial charge is 0.341 e. The van der Waals surface area contributed by atoms with Gasteiger partial charge < -0.3 is 9.84 Å². The molecule has 0 bridgehead atoms. The molecule has 1 aliphatic rings. The van der Waals surface area contributed by atoms with Gasteiger partial charge in [0.1, 0.15) is 11.3 Å². The lowest BCUT2D eigenvalue weighted by Gasteiger charge is -2.29. The molecule has 3 aromatic carbocycles. The van der Waals surface area contributed by atoms with Gasteiger partial charge in [0.15, 0.2) is 0 Å². The molecule has 1 aliphatic carbocycles. The molecule has 0 spiro atoms. The fraction of sp³-hybridized carbons (Fsp3) is 0.240. The lowest BCUT2D eigenvalue weighted by Crippen LogP contribution is -2.23. The van der Waals surface area contributed by atoms with Crippen molar-refractivity contribution in [3.63, 3.8) is 0 Å². The molecule has 0 amide bonds. The SMILES string of the molecule is CCOC(=O)c1cc(C2(C)c3cc(C)ccc3-c3ccc(C)cc32)ccc1O. The maximum Gasteiger partial charge on any atom is 0.341 e. The number of hydrogen-bond acceptors (Lipinski definition) is 3. The summed E-state index contributed by atoms with van der Waals surface area (Å²) in [7, 11) is 0. The maximum absolute atomic E-state index is 12.4. The van der Waals surface area contributed by atoms with Gasteiger partial charge in [-0.1, -0.05) is 53.6 Å². The van der Waals surface area contributed by atoms with Crippen LogP contribution < -0.4 is 0 Å². The van der Waals surface area contributed by atoms with E-state index in [4.69, 9.17) is 4.74 Å². The standard InChI is InChI=1S/C25H24O3/c1-5-28-24(27)20-14-17(8-11-23(20)26)25(4)21-12-15(2)6-9-18(21)19-10-7-16(3)13-22(19)25/h6-14,26H,5H2,1-4H3. The van der Waals surface area contributed by atoms with Crippen molar-refractivity contribution >= 4 is 5.97 Å². The van der Waals surface area contributed by atoms with E-state index in [0.717, 1.165) is 5.56 Å². The van der Waals surface area contributed by atoms with Gasteiger partial charge in [-0.05, 0) is 67.6 Å². The first-order chi connectivity index (χ1) is 13.4. The predicted molar refractivity (Wildman–Crippen MR) is 111 cm³/mol. The number of rotatable bonds is 3. The number of aromatic hydroxyl groups is 1. The van der Waals surface area contributed by atoms with Crippen LogP contribution in [0, 0.1) is 13.8 Å². The zero-order valence-electron chi connectivity index (χ0n) is 16.7. The quantitative estimate of drug-likeness (QED) is 0.616. The monoisotopic (exact) mass is 372 g/mol. The third-order valence-electron chi connectivity index (χ3n) is 5.79. The van der Waals surface area contributed by atoms with Crippen LogP contribution in [0.1, 0.15) is 52.0 Å². The van der Waals surface area contributed by atoms with E-state index < -0.39 is 11.4 Å². The van der Waals surface area contributed by atoms with E-state index in [1.165, 1.54) is 33.4 Å². The van der Waals surface area contributed by atoms with Crippen molar-refractivity contribution in [1.82, 2.24) is 0 Å². The van der Waals surface area contributed by atoms with E-state index in [-0.39, 0.29) is 17.9 Å². The number of benzene rings is 3. The third kappa shape index (κ3) is 2.62. The van der Waals surface area contributed by atoms with Gasteiger partial charge in [-0.3, -0.25) is 0 Å². The number of phenols is 1. The first kappa shape index (κ1) is 18.3. The molecule has 3 nitrogen and oxygen atoms in total. The van der Waals surface area contributed by atoms with Crippen LogP contribution in [0.25, 0.3) is 11.1 Å². The zero-order chi connectivity index (χ0) is 20.1. The van der Waals surface area contributed by atoms with Gasteiger partial charge in [0.25, 0.3) is 0 Å². The van der Waals surface area contributed by atoms with Gasteiger partial charge in [-0.25, -0.2) is 4.79 Å². The van der Waals surface area contributed by atoms with Crippen molar-refractivity contribution in [1.29, 1.82) is 0 Å². The molecule has 3 aromatic rings. The van der Waals surface area contributed by atoms with E-state index in [1.54, 1.807) is 19.1 Å². The number of phenolic OH excluding ortho intramolecular Hbond substituents is 1. The molecule has 0 saturated carbocycles. The fourth-order valence-electron chi connectivity index (χ4n) is 4.29. The minimum Gasteiger partial charge on any atom is -0.507 e. The maximum atomic E-state index is 12.4. The Bertz CT molecular complexity index is 1040. The highest BCUT2D eigenvalue weighted by Gasteiger charge is 2.41. The Hall–Kier alpha value is -3.07. The Morgan fingerprint density at radius 2 is 1.50 bits per heavy atom. The molecule has 0 aliphatic heterocycles. The Kier molecular flexibility index (Phi) is 4.26. The van der Waals surface area contributed by atoms with Crippen LogP contribution in [-0.4, -0.2) is 17.7 Å². The molecule has 28 heavy (non-hydrogen) atoms. The van der Waals surface area contributed by atoms with Crippen LogP contribution >= 0.6 is 0 Å². The van der Waals surface area contributed by atoms with Crippen molar-refractivity contribution in [3.8, 4) is 16.9 Å². The molecule has 0 atom stereocenters. The lowest BCUT2D eigenvalue weighted by atomic mass is 9.73. The summed E-state index contributed by atoms with van der Waals surface area (Å²) in [5.74, 6) is -0.560. The Balaban J connectivity index is 1.99. The molecular weight excluding hydrogens is 348 g/mol. The predicted octanol–water partition coefficient (Wildman–Crippen LogP) is 5.52. The van der Waals surface area contributed by atoms with E-state index in [9.17, 15) is 9.90 Å². The lowest BCUT2D eigenvalue weighted by molar-refractivity contribution is 0.0523. The second kappa shape index (κ2) is 6.52. The van der Waals surface area contributed by atoms with Gasteiger partial charge in [0.2, 0.25) is 0 Å². The van der Waals surface area contributed by atoms with Crippen LogP contribution in [0.5, 0.6) is 5.75 Å². The first-order valence-electron chi connectivity index (χ1n) is 9.59. The topological polar surface area (TPSA) is 46.5 Å². The van der Waals surface area contributed by atoms with Crippen molar-refractivity contribution in [3.05, 3.63) is 88.0 Å². The average molecular weight is 372 g/mol. The zero-order valence-corrected chi connectivity index (χ0v) is 16.7. The van der Waals surface area contributed by atoms with Gasteiger partial charge in [-0.15, -0.1) is 0 Å². The van der Waals surface area contributed by atoms with Gasteiger partial charge in [-0.2, -0.15) is 0 Å². The highest BCUT2D eigenvalue weighted by atomic mass is 16.5. The number of carbonyl (C=O) groups excluding carboxylic acids is 1. The first-order valence-corrected chi connectivity index (χ1v) is 9.59. The van der Waals surface area contributed by atoms with Crippen molar-refractivity contribution in [2.45, 2.75) is 33.1 Å². The minimum atomic E-state index is -0.502. The molecule has 0 saturated heterocycles. The van der Waals surface area contributed by atoms with Gasteiger partial charge in [0, 0.05) is 5.41 Å². The molecule has 3 heteroatoms. The largest absolute Gasteiger partial charge is 0.507 e. The van der Waals surface area contributed by atoms with Crippen molar-refractivity contribution in [2.24, 2.45) is 0 Å². The van der Waals surface area contributed by atoms with Crippen LogP contribution in [0.2, 0.25) is 0 Å².